The average molecular weight is 444 g/mol. The molecule has 0 bridgehead atoms. The molecule has 2 heterocycles. The summed E-state index contributed by atoms with van der Waals surface area (Å²) in [5.41, 5.74) is 11.0. The SMILES string of the molecule is CCCCCNC(=O)c1c(N)n(/N=C/c2ccc(N(C)C)cc2)c2nc3ccccc3nc12. The van der Waals surface area contributed by atoms with Crippen LogP contribution in [0.3, 0.4) is 0 Å². The van der Waals surface area contributed by atoms with E-state index < -0.39 is 0 Å². The predicted octanol–water partition coefficient (Wildman–Crippen LogP) is 4.03. The molecule has 8 heteroatoms. The molecule has 0 spiro atoms. The van der Waals surface area contributed by atoms with Crippen LogP contribution in [0.2, 0.25) is 0 Å². The molecule has 0 saturated carbocycles. The lowest BCUT2D eigenvalue weighted by Crippen LogP contribution is -2.25. The molecule has 4 rings (SSSR count). The molecule has 33 heavy (non-hydrogen) atoms. The van der Waals surface area contributed by atoms with Gasteiger partial charge in [0, 0.05) is 26.3 Å². The fraction of sp³-hybridized carbons (Fsp3) is 0.280. The van der Waals surface area contributed by atoms with Gasteiger partial charge in [-0.15, -0.1) is 0 Å². The molecule has 0 radical (unpaired) electrons. The largest absolute Gasteiger partial charge is 0.383 e. The second-order valence-electron chi connectivity index (χ2n) is 8.15. The molecule has 2 aromatic carbocycles. The van der Waals surface area contributed by atoms with E-state index in [1.807, 2.05) is 67.5 Å². The Morgan fingerprint density at radius 2 is 1.79 bits per heavy atom. The Bertz CT molecular complexity index is 1310. The summed E-state index contributed by atoms with van der Waals surface area (Å²) in [5, 5.41) is 7.53. The molecule has 0 unspecified atom stereocenters. The fourth-order valence-electron chi connectivity index (χ4n) is 3.64. The van der Waals surface area contributed by atoms with Gasteiger partial charge < -0.3 is 16.0 Å². The first-order chi connectivity index (χ1) is 16.0. The number of hydrogen-bond donors (Lipinski definition) is 2. The van der Waals surface area contributed by atoms with E-state index in [9.17, 15) is 4.79 Å². The summed E-state index contributed by atoms with van der Waals surface area (Å²) in [5.74, 6) is -0.0445. The van der Waals surface area contributed by atoms with Crippen LogP contribution in [0.1, 0.15) is 42.1 Å². The summed E-state index contributed by atoms with van der Waals surface area (Å²) in [4.78, 5) is 24.5. The molecule has 0 aliphatic carbocycles. The van der Waals surface area contributed by atoms with E-state index in [0.717, 1.165) is 30.5 Å². The van der Waals surface area contributed by atoms with Crippen molar-refractivity contribution in [3.63, 3.8) is 0 Å². The van der Waals surface area contributed by atoms with E-state index in [-0.39, 0.29) is 11.7 Å². The maximum absolute atomic E-state index is 13.0. The van der Waals surface area contributed by atoms with E-state index in [2.05, 4.69) is 17.3 Å². The lowest BCUT2D eigenvalue weighted by Gasteiger charge is -2.11. The summed E-state index contributed by atoms with van der Waals surface area (Å²) in [7, 11) is 3.99. The van der Waals surface area contributed by atoms with E-state index in [1.54, 1.807) is 6.21 Å². The molecule has 4 aromatic rings. The van der Waals surface area contributed by atoms with Crippen LogP contribution in [-0.4, -0.2) is 47.4 Å². The van der Waals surface area contributed by atoms with Gasteiger partial charge >= 0.3 is 0 Å². The first-order valence-electron chi connectivity index (χ1n) is 11.2. The van der Waals surface area contributed by atoms with Crippen molar-refractivity contribution < 1.29 is 4.79 Å². The number of aromatic nitrogens is 3. The topological polar surface area (TPSA) is 101 Å². The second kappa shape index (κ2) is 9.68. The standard InChI is InChI=1S/C25H29N7O/c1-4-5-8-15-27-25(33)21-22-24(30-20-10-7-6-9-19(20)29-22)32(23(21)26)28-16-17-11-13-18(14-12-17)31(2)3/h6-7,9-14,16H,4-5,8,15,26H2,1-3H3,(H,27,33)/b28-16+. The number of nitrogens with one attached hydrogen (secondary N) is 1. The van der Waals surface area contributed by atoms with E-state index in [0.29, 0.717) is 34.3 Å². The normalized spacial score (nSPS) is 11.5. The van der Waals surface area contributed by atoms with Crippen LogP contribution >= 0.6 is 0 Å². The second-order valence-corrected chi connectivity index (χ2v) is 8.15. The number of nitrogen functional groups attached to an aromatic ring is 1. The number of rotatable bonds is 8. The third kappa shape index (κ3) is 4.64. The Labute approximate surface area is 193 Å². The van der Waals surface area contributed by atoms with Gasteiger partial charge in [-0.05, 0) is 36.2 Å². The summed E-state index contributed by atoms with van der Waals surface area (Å²) in [6.45, 7) is 2.71. The van der Waals surface area contributed by atoms with Crippen LogP contribution in [0.4, 0.5) is 11.5 Å². The summed E-state index contributed by atoms with van der Waals surface area (Å²) >= 11 is 0. The van der Waals surface area contributed by atoms with E-state index >= 15 is 0 Å². The number of amides is 1. The third-order valence-electron chi connectivity index (χ3n) is 5.50. The Kier molecular flexibility index (Phi) is 6.53. The van der Waals surface area contributed by atoms with Crippen molar-refractivity contribution in [2.45, 2.75) is 26.2 Å². The van der Waals surface area contributed by atoms with Crippen LogP contribution in [0, 0.1) is 0 Å². The molecule has 0 aliphatic rings. The number of hydrogen-bond acceptors (Lipinski definition) is 6. The van der Waals surface area contributed by atoms with Gasteiger partial charge in [-0.2, -0.15) is 9.78 Å². The van der Waals surface area contributed by atoms with Crippen molar-refractivity contribution in [1.29, 1.82) is 0 Å². The lowest BCUT2D eigenvalue weighted by atomic mass is 10.2. The first kappa shape index (κ1) is 22.3. The monoisotopic (exact) mass is 443 g/mol. The van der Waals surface area contributed by atoms with Crippen molar-refractivity contribution in [3.8, 4) is 0 Å². The molecule has 0 atom stereocenters. The van der Waals surface area contributed by atoms with Crippen LogP contribution in [-0.2, 0) is 0 Å². The Morgan fingerprint density at radius 1 is 1.09 bits per heavy atom. The molecule has 0 aliphatic heterocycles. The zero-order chi connectivity index (χ0) is 23.4. The molecule has 8 nitrogen and oxygen atoms in total. The molecule has 0 fully saturated rings. The Balaban J connectivity index is 1.77. The highest BCUT2D eigenvalue weighted by atomic mass is 16.1. The summed E-state index contributed by atoms with van der Waals surface area (Å²) in [6.07, 6.45) is 4.75. The van der Waals surface area contributed by atoms with Crippen molar-refractivity contribution in [2.24, 2.45) is 5.10 Å². The summed E-state index contributed by atoms with van der Waals surface area (Å²) < 4.78 is 1.50. The number of carbonyl (C=O) groups excluding carboxylic acids is 1. The highest BCUT2D eigenvalue weighted by Gasteiger charge is 2.23. The number of nitrogens with two attached hydrogens (primary N) is 1. The molecule has 3 N–H and O–H groups in total. The van der Waals surface area contributed by atoms with Gasteiger partial charge in [0.05, 0.1) is 17.2 Å². The third-order valence-corrected chi connectivity index (χ3v) is 5.50. The smallest absolute Gasteiger partial charge is 0.257 e. The number of benzene rings is 2. The minimum absolute atomic E-state index is 0.217. The molecular formula is C25H29N7O. The zero-order valence-electron chi connectivity index (χ0n) is 19.2. The molecule has 2 aromatic heterocycles. The van der Waals surface area contributed by atoms with Crippen LogP contribution in [0.15, 0.2) is 53.6 Å². The van der Waals surface area contributed by atoms with Crippen molar-refractivity contribution in [1.82, 2.24) is 20.0 Å². The minimum Gasteiger partial charge on any atom is -0.383 e. The van der Waals surface area contributed by atoms with Gasteiger partial charge in [0.1, 0.15) is 16.9 Å². The van der Waals surface area contributed by atoms with Gasteiger partial charge in [0.25, 0.3) is 5.91 Å². The average Bonchev–Trinajstić information content (AvgIpc) is 3.09. The quantitative estimate of drug-likeness (QED) is 0.316. The van der Waals surface area contributed by atoms with Gasteiger partial charge in [-0.25, -0.2) is 9.97 Å². The van der Waals surface area contributed by atoms with Crippen LogP contribution < -0.4 is 16.0 Å². The lowest BCUT2D eigenvalue weighted by molar-refractivity contribution is 0.0955. The highest BCUT2D eigenvalue weighted by molar-refractivity contribution is 6.10. The van der Waals surface area contributed by atoms with Gasteiger partial charge in [-0.3, -0.25) is 4.79 Å². The maximum Gasteiger partial charge on any atom is 0.257 e. The van der Waals surface area contributed by atoms with Crippen molar-refractivity contribution >= 4 is 45.8 Å². The highest BCUT2D eigenvalue weighted by Crippen LogP contribution is 2.28. The fourth-order valence-corrected chi connectivity index (χ4v) is 3.64. The maximum atomic E-state index is 13.0. The Hall–Kier alpha value is -3.94. The number of fused-ring (bicyclic) bond motifs is 2. The van der Waals surface area contributed by atoms with Crippen LogP contribution in [0.5, 0.6) is 0 Å². The van der Waals surface area contributed by atoms with Gasteiger partial charge in [0.2, 0.25) is 0 Å². The van der Waals surface area contributed by atoms with Crippen molar-refractivity contribution in [3.05, 3.63) is 59.7 Å². The Morgan fingerprint density at radius 3 is 2.45 bits per heavy atom. The number of nitrogens with zero attached hydrogens (tertiary/aromatic N) is 5. The first-order valence-corrected chi connectivity index (χ1v) is 11.2. The molecule has 170 valence electrons. The summed E-state index contributed by atoms with van der Waals surface area (Å²) in [6, 6.07) is 15.5. The molecular weight excluding hydrogens is 414 g/mol. The van der Waals surface area contributed by atoms with E-state index in [1.165, 1.54) is 4.68 Å². The molecule has 1 amide bonds. The van der Waals surface area contributed by atoms with Crippen molar-refractivity contribution in [2.75, 3.05) is 31.3 Å². The van der Waals surface area contributed by atoms with Gasteiger partial charge in [0.15, 0.2) is 5.65 Å². The predicted molar refractivity (Wildman–Crippen MR) is 135 cm³/mol. The minimum atomic E-state index is -0.262. The van der Waals surface area contributed by atoms with E-state index in [4.69, 9.17) is 15.7 Å². The number of para-hydroxylation sites is 2. The van der Waals surface area contributed by atoms with Gasteiger partial charge in [-0.1, -0.05) is 44.0 Å². The number of anilines is 2. The zero-order valence-corrected chi connectivity index (χ0v) is 19.2. The number of unbranched alkanes of at least 4 members (excludes halogenated alkanes) is 2. The van der Waals surface area contributed by atoms with Crippen LogP contribution in [0.25, 0.3) is 22.2 Å². The number of carbonyl (C=O) groups is 1. The molecule has 0 saturated heterocycles.